The third-order valence-corrected chi connectivity index (χ3v) is 4.21. The van der Waals surface area contributed by atoms with Crippen LogP contribution in [0.3, 0.4) is 0 Å². The number of amides is 1. The Morgan fingerprint density at radius 2 is 2.04 bits per heavy atom. The number of piperazine rings is 1. The van der Waals surface area contributed by atoms with E-state index in [0.717, 1.165) is 26.2 Å². The van der Waals surface area contributed by atoms with Gasteiger partial charge in [-0.2, -0.15) is 4.98 Å². The number of hydrogen-bond acceptors (Lipinski definition) is 5. The summed E-state index contributed by atoms with van der Waals surface area (Å²) < 4.78 is 18.5. The summed E-state index contributed by atoms with van der Waals surface area (Å²) in [5.41, 5.74) is 0.572. The molecule has 3 rings (SSSR count). The van der Waals surface area contributed by atoms with Crippen molar-refractivity contribution in [3.63, 3.8) is 0 Å². The fourth-order valence-electron chi connectivity index (χ4n) is 2.89. The van der Waals surface area contributed by atoms with Crippen LogP contribution in [0.15, 0.2) is 28.8 Å². The summed E-state index contributed by atoms with van der Waals surface area (Å²) in [5.74, 6) is 1.16. The second-order valence-electron chi connectivity index (χ2n) is 6.78. The minimum absolute atomic E-state index is 0.225. The maximum absolute atomic E-state index is 13.3. The lowest BCUT2D eigenvalue weighted by atomic mass is 10.1. The van der Waals surface area contributed by atoms with Crippen LogP contribution >= 0.6 is 0 Å². The molecule has 1 aliphatic heterocycles. The highest BCUT2D eigenvalue weighted by molar-refractivity contribution is 5.76. The molecule has 0 unspecified atom stereocenters. The van der Waals surface area contributed by atoms with Crippen molar-refractivity contribution in [2.75, 3.05) is 26.2 Å². The van der Waals surface area contributed by atoms with Crippen LogP contribution < -0.4 is 0 Å². The standard InChI is InChI=1S/C18H23FN4O2/c1-13(2)10-17(24)23-8-6-22(7-9-23)12-16-20-18(25-21-16)14-4-3-5-15(19)11-14/h3-5,11,13H,6-10,12H2,1-2H3. The fourth-order valence-corrected chi connectivity index (χ4v) is 2.89. The molecule has 134 valence electrons. The molecule has 1 aromatic heterocycles. The number of rotatable bonds is 5. The molecular weight excluding hydrogens is 323 g/mol. The topological polar surface area (TPSA) is 62.5 Å². The molecule has 7 heteroatoms. The van der Waals surface area contributed by atoms with E-state index in [1.807, 2.05) is 4.90 Å². The predicted molar refractivity (Wildman–Crippen MR) is 91.0 cm³/mol. The zero-order chi connectivity index (χ0) is 17.8. The SMILES string of the molecule is CC(C)CC(=O)N1CCN(Cc2noc(-c3cccc(F)c3)n2)CC1. The predicted octanol–water partition coefficient (Wildman–Crippen LogP) is 2.57. The third kappa shape index (κ3) is 4.63. The Morgan fingerprint density at radius 3 is 2.72 bits per heavy atom. The quantitative estimate of drug-likeness (QED) is 0.833. The van der Waals surface area contributed by atoms with Crippen molar-refractivity contribution in [3.05, 3.63) is 35.9 Å². The zero-order valence-electron chi connectivity index (χ0n) is 14.6. The van der Waals surface area contributed by atoms with E-state index in [1.165, 1.54) is 12.1 Å². The first-order chi connectivity index (χ1) is 12.0. The van der Waals surface area contributed by atoms with Gasteiger partial charge in [-0.25, -0.2) is 4.39 Å². The number of nitrogens with zero attached hydrogens (tertiary/aromatic N) is 4. The molecule has 2 heterocycles. The van der Waals surface area contributed by atoms with Gasteiger partial charge in [0.25, 0.3) is 5.89 Å². The van der Waals surface area contributed by atoms with Crippen LogP contribution in [0.25, 0.3) is 11.5 Å². The number of benzene rings is 1. The summed E-state index contributed by atoms with van der Waals surface area (Å²) in [6.45, 7) is 7.69. The number of carbonyl (C=O) groups is 1. The van der Waals surface area contributed by atoms with Crippen LogP contribution in [0.1, 0.15) is 26.1 Å². The molecule has 0 atom stereocenters. The molecule has 1 saturated heterocycles. The van der Waals surface area contributed by atoms with E-state index in [0.29, 0.717) is 36.2 Å². The van der Waals surface area contributed by atoms with E-state index in [2.05, 4.69) is 28.9 Å². The minimum atomic E-state index is -0.334. The van der Waals surface area contributed by atoms with Gasteiger partial charge in [-0.05, 0) is 24.1 Å². The third-order valence-electron chi connectivity index (χ3n) is 4.21. The highest BCUT2D eigenvalue weighted by Crippen LogP contribution is 2.18. The molecule has 0 saturated carbocycles. The van der Waals surface area contributed by atoms with Gasteiger partial charge >= 0.3 is 0 Å². The maximum Gasteiger partial charge on any atom is 0.258 e. The lowest BCUT2D eigenvalue weighted by Gasteiger charge is -2.34. The molecule has 0 radical (unpaired) electrons. The van der Waals surface area contributed by atoms with E-state index in [1.54, 1.807) is 12.1 Å². The number of aromatic nitrogens is 2. The number of halogens is 1. The summed E-state index contributed by atoms with van der Waals surface area (Å²) in [6, 6.07) is 6.10. The second kappa shape index (κ2) is 7.74. The molecule has 0 N–H and O–H groups in total. The molecule has 1 fully saturated rings. The molecule has 1 aromatic carbocycles. The Hall–Kier alpha value is -2.28. The Balaban J connectivity index is 1.54. The van der Waals surface area contributed by atoms with Crippen LogP contribution in [-0.2, 0) is 11.3 Å². The lowest BCUT2D eigenvalue weighted by molar-refractivity contribution is -0.133. The van der Waals surface area contributed by atoms with Gasteiger partial charge in [-0.3, -0.25) is 9.69 Å². The van der Waals surface area contributed by atoms with Gasteiger partial charge in [0.15, 0.2) is 5.82 Å². The van der Waals surface area contributed by atoms with E-state index >= 15 is 0 Å². The van der Waals surface area contributed by atoms with Crippen LogP contribution in [-0.4, -0.2) is 52.0 Å². The molecule has 6 nitrogen and oxygen atoms in total. The Morgan fingerprint density at radius 1 is 1.28 bits per heavy atom. The van der Waals surface area contributed by atoms with Gasteiger partial charge < -0.3 is 9.42 Å². The first kappa shape index (κ1) is 17.5. The normalized spacial score (nSPS) is 15.8. The maximum atomic E-state index is 13.3. The summed E-state index contributed by atoms with van der Waals surface area (Å²) in [7, 11) is 0. The van der Waals surface area contributed by atoms with Crippen molar-refractivity contribution in [1.82, 2.24) is 19.9 Å². The van der Waals surface area contributed by atoms with Crippen molar-refractivity contribution >= 4 is 5.91 Å². The van der Waals surface area contributed by atoms with Crippen LogP contribution in [0.4, 0.5) is 4.39 Å². The highest BCUT2D eigenvalue weighted by atomic mass is 19.1. The summed E-state index contributed by atoms with van der Waals surface area (Å²) >= 11 is 0. The first-order valence-electron chi connectivity index (χ1n) is 8.60. The zero-order valence-corrected chi connectivity index (χ0v) is 14.6. The van der Waals surface area contributed by atoms with E-state index in [9.17, 15) is 9.18 Å². The molecule has 1 aliphatic rings. The molecule has 0 bridgehead atoms. The average Bonchev–Trinajstić information content (AvgIpc) is 3.03. The van der Waals surface area contributed by atoms with Crippen molar-refractivity contribution in [2.24, 2.45) is 5.92 Å². The summed E-state index contributed by atoms with van der Waals surface area (Å²) in [5, 5.41) is 3.98. The average molecular weight is 346 g/mol. The van der Waals surface area contributed by atoms with Gasteiger partial charge in [-0.1, -0.05) is 25.1 Å². The van der Waals surface area contributed by atoms with Crippen LogP contribution in [0.2, 0.25) is 0 Å². The lowest BCUT2D eigenvalue weighted by Crippen LogP contribution is -2.48. The molecule has 1 amide bonds. The number of carbonyl (C=O) groups excluding carboxylic acids is 1. The highest BCUT2D eigenvalue weighted by Gasteiger charge is 2.22. The van der Waals surface area contributed by atoms with E-state index < -0.39 is 0 Å². The van der Waals surface area contributed by atoms with Crippen molar-refractivity contribution < 1.29 is 13.7 Å². The van der Waals surface area contributed by atoms with Crippen LogP contribution in [0.5, 0.6) is 0 Å². The van der Waals surface area contributed by atoms with Gasteiger partial charge in [-0.15, -0.1) is 0 Å². The minimum Gasteiger partial charge on any atom is -0.340 e. The molecule has 0 aliphatic carbocycles. The monoisotopic (exact) mass is 346 g/mol. The first-order valence-corrected chi connectivity index (χ1v) is 8.60. The fraction of sp³-hybridized carbons (Fsp3) is 0.500. The van der Waals surface area contributed by atoms with Crippen molar-refractivity contribution in [1.29, 1.82) is 0 Å². The molecular formula is C18H23FN4O2. The van der Waals surface area contributed by atoms with E-state index in [-0.39, 0.29) is 11.7 Å². The Bertz CT molecular complexity index is 723. The molecule has 2 aromatic rings. The summed E-state index contributed by atoms with van der Waals surface area (Å²) in [6.07, 6.45) is 0.599. The van der Waals surface area contributed by atoms with Gasteiger partial charge in [0.1, 0.15) is 5.82 Å². The van der Waals surface area contributed by atoms with Crippen LogP contribution in [0, 0.1) is 11.7 Å². The largest absolute Gasteiger partial charge is 0.340 e. The van der Waals surface area contributed by atoms with Gasteiger partial charge in [0, 0.05) is 38.2 Å². The Labute approximate surface area is 146 Å². The second-order valence-corrected chi connectivity index (χ2v) is 6.78. The summed E-state index contributed by atoms with van der Waals surface area (Å²) in [4.78, 5) is 20.6. The molecule has 0 spiro atoms. The van der Waals surface area contributed by atoms with Crippen molar-refractivity contribution in [3.8, 4) is 11.5 Å². The van der Waals surface area contributed by atoms with Crippen molar-refractivity contribution in [2.45, 2.75) is 26.8 Å². The number of hydrogen-bond donors (Lipinski definition) is 0. The smallest absolute Gasteiger partial charge is 0.258 e. The van der Waals surface area contributed by atoms with E-state index in [4.69, 9.17) is 4.52 Å². The molecule has 25 heavy (non-hydrogen) atoms. The van der Waals surface area contributed by atoms with Gasteiger partial charge in [0.2, 0.25) is 5.91 Å². The van der Waals surface area contributed by atoms with Gasteiger partial charge in [0.05, 0.1) is 6.54 Å². The Kier molecular flexibility index (Phi) is 5.43.